The topological polar surface area (TPSA) is 87.5 Å². The number of hydrogen-bond donors (Lipinski definition) is 1. The third-order valence-corrected chi connectivity index (χ3v) is 4.12. The van der Waals surface area contributed by atoms with Gasteiger partial charge in [-0.2, -0.15) is 5.10 Å². The number of halogens is 1. The van der Waals surface area contributed by atoms with Crippen LogP contribution in [0.3, 0.4) is 0 Å². The minimum absolute atomic E-state index is 0.0914. The van der Waals surface area contributed by atoms with E-state index in [9.17, 15) is 4.79 Å². The first kappa shape index (κ1) is 17.2. The van der Waals surface area contributed by atoms with Crippen molar-refractivity contribution in [2.45, 2.75) is 6.54 Å². The number of aromatic nitrogens is 3. The number of fused-ring (bicyclic) bond motifs is 1. The van der Waals surface area contributed by atoms with Gasteiger partial charge in [0.1, 0.15) is 25.0 Å². The Bertz CT molecular complexity index is 962. The molecule has 0 radical (unpaired) electrons. The molecule has 0 unspecified atom stereocenters. The SMILES string of the molecule is O=C(Nc1cccc(OCCn2cncn2)c1)c1cc(Cl)c2c(c1)OCO2. The molecule has 8 nitrogen and oxygen atoms in total. The molecule has 1 aliphatic heterocycles. The molecule has 138 valence electrons. The van der Waals surface area contributed by atoms with Gasteiger partial charge < -0.3 is 19.5 Å². The Morgan fingerprint density at radius 3 is 3.07 bits per heavy atom. The monoisotopic (exact) mass is 386 g/mol. The summed E-state index contributed by atoms with van der Waals surface area (Å²) in [5.74, 6) is 1.24. The summed E-state index contributed by atoms with van der Waals surface area (Å²) in [5, 5.41) is 7.16. The number of anilines is 1. The van der Waals surface area contributed by atoms with Crippen molar-refractivity contribution in [2.75, 3.05) is 18.7 Å². The lowest BCUT2D eigenvalue weighted by molar-refractivity contribution is 0.102. The van der Waals surface area contributed by atoms with Gasteiger partial charge in [-0.3, -0.25) is 4.79 Å². The fourth-order valence-corrected chi connectivity index (χ4v) is 2.84. The van der Waals surface area contributed by atoms with E-state index in [4.69, 9.17) is 25.8 Å². The molecule has 2 heterocycles. The fraction of sp³-hybridized carbons (Fsp3) is 0.167. The number of carbonyl (C=O) groups excluding carboxylic acids is 1. The number of benzene rings is 2. The Balaban J connectivity index is 1.40. The normalized spacial score (nSPS) is 12.0. The first-order valence-electron chi connectivity index (χ1n) is 8.15. The molecular formula is C18H15ClN4O4. The zero-order chi connectivity index (χ0) is 18.6. The van der Waals surface area contributed by atoms with Crippen molar-refractivity contribution >= 4 is 23.2 Å². The summed E-state index contributed by atoms with van der Waals surface area (Å²) >= 11 is 6.13. The van der Waals surface area contributed by atoms with Crippen LogP contribution in [0.15, 0.2) is 49.1 Å². The molecule has 1 N–H and O–H groups in total. The molecule has 4 rings (SSSR count). The van der Waals surface area contributed by atoms with Crippen molar-refractivity contribution in [1.82, 2.24) is 14.8 Å². The highest BCUT2D eigenvalue weighted by molar-refractivity contribution is 6.32. The number of ether oxygens (including phenoxy) is 3. The maximum absolute atomic E-state index is 12.5. The first-order valence-corrected chi connectivity index (χ1v) is 8.52. The van der Waals surface area contributed by atoms with Crippen LogP contribution in [0.4, 0.5) is 5.69 Å². The van der Waals surface area contributed by atoms with Gasteiger partial charge in [-0.1, -0.05) is 17.7 Å². The van der Waals surface area contributed by atoms with Crippen LogP contribution in [0.1, 0.15) is 10.4 Å². The second kappa shape index (κ2) is 7.55. The lowest BCUT2D eigenvalue weighted by atomic mass is 10.2. The van der Waals surface area contributed by atoms with E-state index in [1.165, 1.54) is 6.33 Å². The molecule has 3 aromatic rings. The third-order valence-electron chi connectivity index (χ3n) is 3.84. The van der Waals surface area contributed by atoms with Gasteiger partial charge in [-0.05, 0) is 24.3 Å². The van der Waals surface area contributed by atoms with E-state index in [0.717, 1.165) is 0 Å². The number of nitrogens with zero attached hydrogens (tertiary/aromatic N) is 3. The highest BCUT2D eigenvalue weighted by Crippen LogP contribution is 2.39. The number of hydrogen-bond acceptors (Lipinski definition) is 6. The second-order valence-corrected chi connectivity index (χ2v) is 6.09. The van der Waals surface area contributed by atoms with Crippen LogP contribution in [-0.4, -0.2) is 34.1 Å². The molecule has 1 aliphatic rings. The Labute approximate surface area is 159 Å². The van der Waals surface area contributed by atoms with E-state index in [0.29, 0.717) is 46.7 Å². The average Bonchev–Trinajstić information content (AvgIpc) is 3.34. The van der Waals surface area contributed by atoms with Crippen molar-refractivity contribution in [3.8, 4) is 17.2 Å². The predicted octanol–water partition coefficient (Wildman–Crippen LogP) is 2.99. The van der Waals surface area contributed by atoms with Gasteiger partial charge in [0.25, 0.3) is 5.91 Å². The largest absolute Gasteiger partial charge is 0.492 e. The van der Waals surface area contributed by atoms with Crippen molar-refractivity contribution in [2.24, 2.45) is 0 Å². The van der Waals surface area contributed by atoms with Crippen LogP contribution in [-0.2, 0) is 6.54 Å². The molecule has 9 heteroatoms. The average molecular weight is 387 g/mol. The number of amides is 1. The quantitative estimate of drug-likeness (QED) is 0.700. The maximum Gasteiger partial charge on any atom is 0.255 e. The van der Waals surface area contributed by atoms with Crippen molar-refractivity contribution < 1.29 is 19.0 Å². The fourth-order valence-electron chi connectivity index (χ4n) is 2.57. The smallest absolute Gasteiger partial charge is 0.255 e. The zero-order valence-electron chi connectivity index (χ0n) is 14.1. The Morgan fingerprint density at radius 2 is 2.22 bits per heavy atom. The van der Waals surface area contributed by atoms with Crippen LogP contribution in [0.5, 0.6) is 17.2 Å². The van der Waals surface area contributed by atoms with Gasteiger partial charge in [-0.15, -0.1) is 0 Å². The molecule has 0 spiro atoms. The van der Waals surface area contributed by atoms with Gasteiger partial charge in [-0.25, -0.2) is 9.67 Å². The summed E-state index contributed by atoms with van der Waals surface area (Å²) in [7, 11) is 0. The lowest BCUT2D eigenvalue weighted by Crippen LogP contribution is -2.12. The molecular weight excluding hydrogens is 372 g/mol. The molecule has 1 amide bonds. The number of carbonyl (C=O) groups is 1. The van der Waals surface area contributed by atoms with Crippen molar-refractivity contribution in [3.63, 3.8) is 0 Å². The number of nitrogens with one attached hydrogen (secondary N) is 1. The lowest BCUT2D eigenvalue weighted by Gasteiger charge is -2.10. The van der Waals surface area contributed by atoms with Crippen LogP contribution < -0.4 is 19.5 Å². The van der Waals surface area contributed by atoms with Gasteiger partial charge in [0, 0.05) is 17.3 Å². The Kier molecular flexibility index (Phi) is 4.80. The molecule has 0 saturated carbocycles. The molecule has 0 atom stereocenters. The Morgan fingerprint density at radius 1 is 1.30 bits per heavy atom. The van der Waals surface area contributed by atoms with Crippen LogP contribution in [0.2, 0.25) is 5.02 Å². The summed E-state index contributed by atoms with van der Waals surface area (Å²) in [4.78, 5) is 16.4. The minimum atomic E-state index is -0.310. The molecule has 0 bridgehead atoms. The van der Waals surface area contributed by atoms with Crippen molar-refractivity contribution in [1.29, 1.82) is 0 Å². The highest BCUT2D eigenvalue weighted by Gasteiger charge is 2.20. The van der Waals surface area contributed by atoms with E-state index in [1.54, 1.807) is 41.3 Å². The highest BCUT2D eigenvalue weighted by atomic mass is 35.5. The van der Waals surface area contributed by atoms with Gasteiger partial charge >= 0.3 is 0 Å². The van der Waals surface area contributed by atoms with E-state index >= 15 is 0 Å². The van der Waals surface area contributed by atoms with E-state index in [1.807, 2.05) is 6.07 Å². The number of rotatable bonds is 6. The van der Waals surface area contributed by atoms with E-state index in [2.05, 4.69) is 15.4 Å². The molecule has 0 saturated heterocycles. The molecule has 0 aliphatic carbocycles. The van der Waals surface area contributed by atoms with Gasteiger partial charge in [0.05, 0.1) is 11.6 Å². The van der Waals surface area contributed by atoms with Crippen LogP contribution >= 0.6 is 11.6 Å². The summed E-state index contributed by atoms with van der Waals surface area (Å²) in [6, 6.07) is 10.3. The summed E-state index contributed by atoms with van der Waals surface area (Å²) in [6.07, 6.45) is 3.09. The summed E-state index contributed by atoms with van der Waals surface area (Å²) in [5.41, 5.74) is 0.980. The van der Waals surface area contributed by atoms with E-state index < -0.39 is 0 Å². The molecule has 2 aromatic carbocycles. The summed E-state index contributed by atoms with van der Waals surface area (Å²) < 4.78 is 17.9. The molecule has 0 fully saturated rings. The van der Waals surface area contributed by atoms with Crippen LogP contribution in [0, 0.1) is 0 Å². The molecule has 1 aromatic heterocycles. The Hall–Kier alpha value is -3.26. The third kappa shape index (κ3) is 3.95. The molecule has 27 heavy (non-hydrogen) atoms. The van der Waals surface area contributed by atoms with E-state index in [-0.39, 0.29) is 12.7 Å². The van der Waals surface area contributed by atoms with Gasteiger partial charge in [0.15, 0.2) is 11.5 Å². The summed E-state index contributed by atoms with van der Waals surface area (Å²) in [6.45, 7) is 1.10. The standard InChI is InChI=1S/C18H15ClN4O4/c19-15-6-12(7-16-17(15)27-11-26-16)18(24)22-13-2-1-3-14(8-13)25-5-4-23-10-20-9-21-23/h1-3,6-10H,4-5,11H2,(H,22,24). The zero-order valence-corrected chi connectivity index (χ0v) is 14.8. The second-order valence-electron chi connectivity index (χ2n) is 5.68. The van der Waals surface area contributed by atoms with Gasteiger partial charge in [0.2, 0.25) is 6.79 Å². The predicted molar refractivity (Wildman–Crippen MR) is 97.5 cm³/mol. The maximum atomic E-state index is 12.5. The van der Waals surface area contributed by atoms with Crippen LogP contribution in [0.25, 0.3) is 0 Å². The first-order chi connectivity index (χ1) is 13.2. The van der Waals surface area contributed by atoms with Crippen molar-refractivity contribution in [3.05, 3.63) is 59.6 Å². The minimum Gasteiger partial charge on any atom is -0.492 e.